The smallest absolute Gasteiger partial charge is 0.243 e. The van der Waals surface area contributed by atoms with Crippen molar-refractivity contribution < 1.29 is 19.2 Å². The molecule has 0 radical (unpaired) electrons. The van der Waals surface area contributed by atoms with Crippen LogP contribution in [0.15, 0.2) is 18.3 Å². The lowest BCUT2D eigenvalue weighted by atomic mass is 9.79. The van der Waals surface area contributed by atoms with Gasteiger partial charge in [-0.2, -0.15) is 0 Å². The van der Waals surface area contributed by atoms with Gasteiger partial charge >= 0.3 is 0 Å². The van der Waals surface area contributed by atoms with Gasteiger partial charge in [0.1, 0.15) is 12.3 Å². The predicted octanol–water partition coefficient (Wildman–Crippen LogP) is 6.80. The first-order chi connectivity index (χ1) is 18.9. The quantitative estimate of drug-likeness (QED) is 0.395. The molecule has 6 nitrogen and oxygen atoms in total. The van der Waals surface area contributed by atoms with Crippen LogP contribution in [0.4, 0.5) is 0 Å². The number of rotatable bonds is 4. The molecule has 5 rings (SSSR count). The average Bonchev–Trinajstić information content (AvgIpc) is 3.31. The number of aromatic nitrogens is 1. The number of piperidine rings is 1. The van der Waals surface area contributed by atoms with Gasteiger partial charge in [0.15, 0.2) is 11.6 Å². The topological polar surface area (TPSA) is 76.5 Å². The highest BCUT2D eigenvalue weighted by molar-refractivity contribution is 6.08. The highest BCUT2D eigenvalue weighted by Gasteiger charge is 2.66. The van der Waals surface area contributed by atoms with E-state index < -0.39 is 6.04 Å². The summed E-state index contributed by atoms with van der Waals surface area (Å²) in [7, 11) is 0. The van der Waals surface area contributed by atoms with Crippen LogP contribution in [0.1, 0.15) is 127 Å². The maximum absolute atomic E-state index is 14.1. The lowest BCUT2D eigenvalue weighted by Crippen LogP contribution is -2.44. The Labute approximate surface area is 238 Å². The van der Waals surface area contributed by atoms with E-state index in [-0.39, 0.29) is 40.9 Å². The Morgan fingerprint density at radius 3 is 2.45 bits per heavy atom. The molecule has 2 fully saturated rings. The number of hydrogen-bond donors (Lipinski definition) is 0. The van der Waals surface area contributed by atoms with Crippen molar-refractivity contribution >= 4 is 34.2 Å². The number of amides is 1. The Morgan fingerprint density at radius 2 is 1.77 bits per heavy atom. The van der Waals surface area contributed by atoms with Crippen LogP contribution in [0.2, 0.25) is 0 Å². The Bertz CT molecular complexity index is 1370. The highest BCUT2D eigenvalue weighted by Crippen LogP contribution is 2.62. The van der Waals surface area contributed by atoms with E-state index in [2.05, 4.69) is 39.8 Å². The van der Waals surface area contributed by atoms with Gasteiger partial charge in [0.2, 0.25) is 5.91 Å². The zero-order valence-electron chi connectivity index (χ0n) is 25.3. The summed E-state index contributed by atoms with van der Waals surface area (Å²) < 4.78 is 1.98. The summed E-state index contributed by atoms with van der Waals surface area (Å²) in [6.07, 6.45) is 9.80. The zero-order chi connectivity index (χ0) is 29.0. The molecule has 3 aliphatic rings. The fraction of sp³-hybridized carbons (Fsp3) is 0.647. The van der Waals surface area contributed by atoms with E-state index in [1.807, 2.05) is 22.6 Å². The van der Waals surface area contributed by atoms with Crippen LogP contribution in [0.5, 0.6) is 0 Å². The lowest BCUT2D eigenvalue weighted by Gasteiger charge is -2.27. The summed E-state index contributed by atoms with van der Waals surface area (Å²) in [5, 5.41) is 0.925. The normalized spacial score (nSPS) is 27.1. The molecule has 1 saturated heterocycles. The molecule has 2 aliphatic heterocycles. The van der Waals surface area contributed by atoms with Crippen molar-refractivity contribution in [2.24, 2.45) is 10.8 Å². The summed E-state index contributed by atoms with van der Waals surface area (Å²) in [5.41, 5.74) is 3.52. The van der Waals surface area contributed by atoms with Gasteiger partial charge in [-0.3, -0.25) is 19.2 Å². The molecule has 3 atom stereocenters. The van der Waals surface area contributed by atoms with Crippen LogP contribution < -0.4 is 0 Å². The monoisotopic (exact) mass is 546 g/mol. The van der Waals surface area contributed by atoms with Crippen molar-refractivity contribution in [3.8, 4) is 0 Å². The van der Waals surface area contributed by atoms with Crippen LogP contribution in [-0.4, -0.2) is 44.8 Å². The minimum Gasteiger partial charge on any atom is -0.337 e. The van der Waals surface area contributed by atoms with Gasteiger partial charge < -0.3 is 9.47 Å². The number of aryl methyl sites for hydroxylation is 1. The molecule has 0 unspecified atom stereocenters. The minimum atomic E-state index is -0.417. The van der Waals surface area contributed by atoms with Crippen LogP contribution in [0.25, 0.3) is 10.9 Å². The van der Waals surface area contributed by atoms with E-state index in [0.717, 1.165) is 55.8 Å². The average molecular weight is 547 g/mol. The molecule has 2 bridgehead atoms. The van der Waals surface area contributed by atoms with E-state index in [0.29, 0.717) is 36.5 Å². The summed E-state index contributed by atoms with van der Waals surface area (Å²) in [4.78, 5) is 55.1. The largest absolute Gasteiger partial charge is 0.337 e. The Balaban J connectivity index is 1.59. The standard InChI is InChI=1S/C34H46N2O4/c1-7-28(38)27-17-34-14-12-30(39)33(5,6)13-10-8-9-11-23-15-24(21(2)3)16-25-26(22(4)37)19-35(32(23)25)20-31(40)36(27)29(34)18-34/h15-16,19,21,27,29H,7-14,17-18,20H2,1-6H3/t27-,29+,34-/m0/s1. The third-order valence-corrected chi connectivity index (χ3v) is 10.2. The predicted molar refractivity (Wildman–Crippen MR) is 158 cm³/mol. The number of carbonyl (C=O) groups is 4. The molecule has 2 aromatic rings. The first kappa shape index (κ1) is 28.8. The Morgan fingerprint density at radius 1 is 1.02 bits per heavy atom. The van der Waals surface area contributed by atoms with Gasteiger partial charge in [0, 0.05) is 41.4 Å². The molecular weight excluding hydrogens is 500 g/mol. The zero-order valence-corrected chi connectivity index (χ0v) is 25.3. The van der Waals surface area contributed by atoms with Crippen LogP contribution in [0.3, 0.4) is 0 Å². The number of nitrogens with zero attached hydrogens (tertiary/aromatic N) is 2. The first-order valence-electron chi connectivity index (χ1n) is 15.4. The molecular formula is C34H46N2O4. The van der Waals surface area contributed by atoms with Crippen molar-refractivity contribution in [3.63, 3.8) is 0 Å². The molecule has 216 valence electrons. The molecule has 1 amide bonds. The summed E-state index contributed by atoms with van der Waals surface area (Å²) >= 11 is 0. The molecule has 0 N–H and O–H groups in total. The molecule has 3 heterocycles. The van der Waals surface area contributed by atoms with Gasteiger partial charge in [-0.25, -0.2) is 0 Å². The van der Waals surface area contributed by atoms with Gasteiger partial charge in [0.25, 0.3) is 0 Å². The van der Waals surface area contributed by atoms with Gasteiger partial charge in [0.05, 0.1) is 11.6 Å². The van der Waals surface area contributed by atoms with Gasteiger partial charge in [-0.15, -0.1) is 0 Å². The lowest BCUT2D eigenvalue weighted by molar-refractivity contribution is -0.139. The van der Waals surface area contributed by atoms with E-state index in [9.17, 15) is 19.2 Å². The molecule has 0 spiro atoms. The Hall–Kier alpha value is -2.76. The summed E-state index contributed by atoms with van der Waals surface area (Å²) in [5.74, 6) is 0.662. The van der Waals surface area contributed by atoms with Crippen molar-refractivity contribution in [3.05, 3.63) is 35.0 Å². The van der Waals surface area contributed by atoms with Crippen molar-refractivity contribution in [2.45, 2.75) is 130 Å². The van der Waals surface area contributed by atoms with Gasteiger partial charge in [-0.1, -0.05) is 53.5 Å². The second-order valence-corrected chi connectivity index (χ2v) is 13.7. The molecule has 6 heteroatoms. The third kappa shape index (κ3) is 5.07. The second kappa shape index (κ2) is 10.6. The first-order valence-corrected chi connectivity index (χ1v) is 15.4. The second-order valence-electron chi connectivity index (χ2n) is 13.7. The highest BCUT2D eigenvalue weighted by atomic mass is 16.2. The van der Waals surface area contributed by atoms with Crippen molar-refractivity contribution in [2.75, 3.05) is 0 Å². The molecule has 1 saturated carbocycles. The van der Waals surface area contributed by atoms with Crippen molar-refractivity contribution in [1.82, 2.24) is 9.47 Å². The Kier molecular flexibility index (Phi) is 7.60. The number of hydrogen-bond acceptors (Lipinski definition) is 4. The van der Waals surface area contributed by atoms with E-state index >= 15 is 0 Å². The van der Waals surface area contributed by atoms with E-state index in [1.165, 1.54) is 11.1 Å². The minimum absolute atomic E-state index is 0.00138. The number of Topliss-reactive ketones (excluding diaryl/α,β-unsaturated/α-hetero) is 3. The molecule has 40 heavy (non-hydrogen) atoms. The molecule has 1 aliphatic carbocycles. The fourth-order valence-corrected chi connectivity index (χ4v) is 7.47. The molecule has 1 aromatic carbocycles. The van der Waals surface area contributed by atoms with E-state index in [1.54, 1.807) is 6.92 Å². The number of benzene rings is 1. The van der Waals surface area contributed by atoms with Gasteiger partial charge in [-0.05, 0) is 74.0 Å². The van der Waals surface area contributed by atoms with Crippen molar-refractivity contribution in [1.29, 1.82) is 0 Å². The van der Waals surface area contributed by atoms with Crippen LogP contribution in [-0.2, 0) is 27.3 Å². The fourth-order valence-electron chi connectivity index (χ4n) is 7.47. The number of carbonyl (C=O) groups excluding carboxylic acids is 4. The maximum Gasteiger partial charge on any atom is 0.243 e. The summed E-state index contributed by atoms with van der Waals surface area (Å²) in [6.45, 7) is 12.1. The van der Waals surface area contributed by atoms with Crippen LogP contribution >= 0.6 is 0 Å². The summed E-state index contributed by atoms with van der Waals surface area (Å²) in [6, 6.07) is 3.99. The van der Waals surface area contributed by atoms with E-state index in [4.69, 9.17) is 0 Å². The van der Waals surface area contributed by atoms with Crippen LogP contribution in [0, 0.1) is 10.8 Å². The molecule has 1 aromatic heterocycles. The maximum atomic E-state index is 14.1. The SMILES string of the molecule is CCC(=O)[C@@H]1C[C@]23CCC(=O)C(C)(C)CCCCCc4cc(C(C)C)cc5c(C(C)=O)cn(c45)CC(=O)N1[C@@H]2C3. The number of ketones is 3. The third-order valence-electron chi connectivity index (χ3n) is 10.2.